The van der Waals surface area contributed by atoms with Crippen molar-refractivity contribution in [3.8, 4) is 0 Å². The van der Waals surface area contributed by atoms with Gasteiger partial charge >= 0.3 is 0 Å². The summed E-state index contributed by atoms with van der Waals surface area (Å²) in [4.78, 5) is 0. The molecule has 108 valence electrons. The Morgan fingerprint density at radius 1 is 1.47 bits per heavy atom. The van der Waals surface area contributed by atoms with Gasteiger partial charge in [0.25, 0.3) is 0 Å². The van der Waals surface area contributed by atoms with Crippen LogP contribution in [0.15, 0.2) is 10.7 Å². The first-order chi connectivity index (χ1) is 9.13. The van der Waals surface area contributed by atoms with Crippen LogP contribution < -0.4 is 5.32 Å². The third-order valence-corrected chi connectivity index (χ3v) is 4.54. The van der Waals surface area contributed by atoms with Crippen LogP contribution in [0.1, 0.15) is 58.2 Å². The van der Waals surface area contributed by atoms with Crippen molar-refractivity contribution < 1.29 is 0 Å². The molecule has 3 nitrogen and oxygen atoms in total. The second-order valence-electron chi connectivity index (χ2n) is 5.91. The number of aromatic nitrogens is 2. The molecule has 1 aromatic heterocycles. The summed E-state index contributed by atoms with van der Waals surface area (Å²) in [6.07, 6.45) is 8.30. The minimum atomic E-state index is 0.435. The van der Waals surface area contributed by atoms with Gasteiger partial charge in [0.1, 0.15) is 0 Å². The maximum atomic E-state index is 4.47. The van der Waals surface area contributed by atoms with Gasteiger partial charge in [-0.05, 0) is 74.3 Å². The maximum Gasteiger partial charge on any atom is 0.0635 e. The van der Waals surface area contributed by atoms with Gasteiger partial charge in [0.15, 0.2) is 0 Å². The number of rotatable bonds is 8. The second-order valence-corrected chi connectivity index (χ2v) is 6.77. The third kappa shape index (κ3) is 4.06. The van der Waals surface area contributed by atoms with Crippen LogP contribution in [0.5, 0.6) is 0 Å². The highest BCUT2D eigenvalue weighted by atomic mass is 79.9. The van der Waals surface area contributed by atoms with Crippen molar-refractivity contribution in [1.82, 2.24) is 15.1 Å². The summed E-state index contributed by atoms with van der Waals surface area (Å²) in [5.74, 6) is 0.917. The minimum absolute atomic E-state index is 0.435. The molecule has 1 saturated carbocycles. The predicted octanol–water partition coefficient (Wildman–Crippen LogP) is 3.94. The van der Waals surface area contributed by atoms with Crippen molar-refractivity contribution in [3.63, 3.8) is 0 Å². The van der Waals surface area contributed by atoms with Gasteiger partial charge in [-0.3, -0.25) is 4.68 Å². The molecule has 0 aromatic carbocycles. The highest BCUT2D eigenvalue weighted by molar-refractivity contribution is 9.10. The molecule has 0 aliphatic heterocycles. The Morgan fingerprint density at radius 2 is 2.21 bits per heavy atom. The van der Waals surface area contributed by atoms with Gasteiger partial charge in [0.2, 0.25) is 0 Å². The van der Waals surface area contributed by atoms with Gasteiger partial charge < -0.3 is 5.32 Å². The lowest BCUT2D eigenvalue weighted by Crippen LogP contribution is -2.32. The van der Waals surface area contributed by atoms with E-state index in [9.17, 15) is 0 Å². The normalized spacial score (nSPS) is 17.1. The van der Waals surface area contributed by atoms with Crippen molar-refractivity contribution in [2.45, 2.75) is 65.0 Å². The summed E-state index contributed by atoms with van der Waals surface area (Å²) in [5.41, 5.74) is 1.35. The van der Waals surface area contributed by atoms with Gasteiger partial charge in [0.05, 0.1) is 16.4 Å². The van der Waals surface area contributed by atoms with E-state index in [-0.39, 0.29) is 0 Å². The number of hydrogen-bond acceptors (Lipinski definition) is 2. The zero-order valence-corrected chi connectivity index (χ0v) is 13.9. The number of halogens is 1. The van der Waals surface area contributed by atoms with E-state index < -0.39 is 0 Å². The first-order valence-electron chi connectivity index (χ1n) is 7.58. The second kappa shape index (κ2) is 6.89. The first kappa shape index (κ1) is 15.0. The van der Waals surface area contributed by atoms with Gasteiger partial charge in [-0.2, -0.15) is 5.10 Å². The van der Waals surface area contributed by atoms with Crippen LogP contribution in [0.25, 0.3) is 0 Å². The first-order valence-corrected chi connectivity index (χ1v) is 8.38. The summed E-state index contributed by atoms with van der Waals surface area (Å²) in [7, 11) is 0. The topological polar surface area (TPSA) is 29.9 Å². The minimum Gasteiger partial charge on any atom is -0.314 e. The van der Waals surface area contributed by atoms with Crippen LogP contribution in [0, 0.1) is 5.92 Å². The maximum absolute atomic E-state index is 4.47. The van der Waals surface area contributed by atoms with Crippen LogP contribution in [0.4, 0.5) is 0 Å². The van der Waals surface area contributed by atoms with Crippen LogP contribution >= 0.6 is 15.9 Å². The van der Waals surface area contributed by atoms with E-state index >= 15 is 0 Å². The van der Waals surface area contributed by atoms with Gasteiger partial charge in [-0.15, -0.1) is 0 Å². The summed E-state index contributed by atoms with van der Waals surface area (Å²) in [6, 6.07) is 1.13. The zero-order valence-electron chi connectivity index (χ0n) is 12.3. The van der Waals surface area contributed by atoms with Crippen LogP contribution in [-0.4, -0.2) is 22.4 Å². The van der Waals surface area contributed by atoms with E-state index in [0.717, 1.165) is 23.4 Å². The molecule has 0 radical (unpaired) electrons. The van der Waals surface area contributed by atoms with E-state index in [1.54, 1.807) is 0 Å². The van der Waals surface area contributed by atoms with Crippen molar-refractivity contribution in [2.24, 2.45) is 5.92 Å². The third-order valence-electron chi connectivity index (χ3n) is 3.88. The Balaban J connectivity index is 1.94. The van der Waals surface area contributed by atoms with Gasteiger partial charge in [-0.1, -0.05) is 6.92 Å². The fourth-order valence-corrected chi connectivity index (χ4v) is 3.14. The highest BCUT2D eigenvalue weighted by Crippen LogP contribution is 2.35. The highest BCUT2D eigenvalue weighted by Gasteiger charge is 2.30. The summed E-state index contributed by atoms with van der Waals surface area (Å²) in [6.45, 7) is 7.76. The summed E-state index contributed by atoms with van der Waals surface area (Å²) >= 11 is 3.64. The standard InChI is InChI=1S/C15H26BrN3/c1-4-9-17-14(12-5-6-12)7-8-15-13(16)10-18-19(15)11(2)3/h10-12,14,17H,4-9H2,1-3H3. The van der Waals surface area contributed by atoms with Crippen LogP contribution in [-0.2, 0) is 6.42 Å². The Bertz CT molecular complexity index is 396. The molecule has 0 saturated heterocycles. The molecule has 4 heteroatoms. The molecule has 1 aliphatic rings. The van der Waals surface area contributed by atoms with Crippen molar-refractivity contribution in [2.75, 3.05) is 6.54 Å². The molecule has 1 heterocycles. The summed E-state index contributed by atoms with van der Waals surface area (Å²) in [5, 5.41) is 8.18. The molecule has 2 rings (SSSR count). The smallest absolute Gasteiger partial charge is 0.0635 e. The largest absolute Gasteiger partial charge is 0.314 e. The molecule has 1 fully saturated rings. The van der Waals surface area contributed by atoms with E-state index in [4.69, 9.17) is 0 Å². The van der Waals surface area contributed by atoms with E-state index in [1.807, 2.05) is 6.20 Å². The molecule has 1 N–H and O–H groups in total. The number of hydrogen-bond donors (Lipinski definition) is 1. The number of nitrogens with one attached hydrogen (secondary N) is 1. The molecular weight excluding hydrogens is 302 g/mol. The Hall–Kier alpha value is -0.350. The molecule has 1 unspecified atom stereocenters. The van der Waals surface area contributed by atoms with Crippen molar-refractivity contribution in [1.29, 1.82) is 0 Å². The Morgan fingerprint density at radius 3 is 2.79 bits per heavy atom. The summed E-state index contributed by atoms with van der Waals surface area (Å²) < 4.78 is 3.31. The molecule has 1 atom stereocenters. The van der Waals surface area contributed by atoms with Crippen molar-refractivity contribution in [3.05, 3.63) is 16.4 Å². The van der Waals surface area contributed by atoms with E-state index in [0.29, 0.717) is 12.1 Å². The Kier molecular flexibility index (Phi) is 5.46. The molecule has 0 bridgehead atoms. The molecule has 0 amide bonds. The Labute approximate surface area is 125 Å². The van der Waals surface area contributed by atoms with Gasteiger partial charge in [-0.25, -0.2) is 0 Å². The predicted molar refractivity (Wildman–Crippen MR) is 83.4 cm³/mol. The van der Waals surface area contributed by atoms with Crippen molar-refractivity contribution >= 4 is 15.9 Å². The van der Waals surface area contributed by atoms with E-state index in [2.05, 4.69) is 51.8 Å². The van der Waals surface area contributed by atoms with E-state index in [1.165, 1.54) is 31.4 Å². The lowest BCUT2D eigenvalue weighted by molar-refractivity contribution is 0.423. The van der Waals surface area contributed by atoms with Crippen LogP contribution in [0.2, 0.25) is 0 Å². The fourth-order valence-electron chi connectivity index (χ4n) is 2.67. The lowest BCUT2D eigenvalue weighted by atomic mass is 10.0. The van der Waals surface area contributed by atoms with Gasteiger partial charge in [0, 0.05) is 12.1 Å². The average molecular weight is 328 g/mol. The fraction of sp³-hybridized carbons (Fsp3) is 0.800. The van der Waals surface area contributed by atoms with Crippen LogP contribution in [0.3, 0.4) is 0 Å². The average Bonchev–Trinajstić information content (AvgIpc) is 3.14. The number of nitrogens with zero attached hydrogens (tertiary/aromatic N) is 2. The SMILES string of the molecule is CCCNC(CCc1c(Br)cnn1C(C)C)C1CC1. The molecule has 1 aromatic rings. The molecular formula is C15H26BrN3. The lowest BCUT2D eigenvalue weighted by Gasteiger charge is -2.19. The quantitative estimate of drug-likeness (QED) is 0.783. The molecule has 1 aliphatic carbocycles. The zero-order chi connectivity index (χ0) is 13.8. The monoisotopic (exact) mass is 327 g/mol. The molecule has 0 spiro atoms. The molecule has 19 heavy (non-hydrogen) atoms.